The van der Waals surface area contributed by atoms with E-state index in [2.05, 4.69) is 4.98 Å². The minimum Gasteiger partial charge on any atom is -0.497 e. The van der Waals surface area contributed by atoms with E-state index >= 15 is 0 Å². The predicted octanol–water partition coefficient (Wildman–Crippen LogP) is 2.71. The molecule has 98 valence electrons. The van der Waals surface area contributed by atoms with Crippen LogP contribution in [0.25, 0.3) is 11.3 Å². The van der Waals surface area contributed by atoms with Gasteiger partial charge in [-0.2, -0.15) is 0 Å². The summed E-state index contributed by atoms with van der Waals surface area (Å²) in [7, 11) is 1.56. The summed E-state index contributed by atoms with van der Waals surface area (Å²) in [4.78, 5) is 4.33. The van der Waals surface area contributed by atoms with Gasteiger partial charge in [0.05, 0.1) is 12.8 Å². The minimum absolute atomic E-state index is 0.251. The lowest BCUT2D eigenvalue weighted by molar-refractivity contribution is 0.414. The van der Waals surface area contributed by atoms with Gasteiger partial charge in [-0.3, -0.25) is 4.98 Å². The van der Waals surface area contributed by atoms with Crippen LogP contribution in [0.4, 0.5) is 4.39 Å². The second-order valence-electron chi connectivity index (χ2n) is 4.83. The van der Waals surface area contributed by atoms with Crippen LogP contribution in [0.2, 0.25) is 0 Å². The van der Waals surface area contributed by atoms with E-state index in [1.165, 1.54) is 6.07 Å². The molecular weight excluding hydrogens is 243 g/mol. The summed E-state index contributed by atoms with van der Waals surface area (Å²) in [6.07, 6.45) is 2.79. The molecule has 1 fully saturated rings. The van der Waals surface area contributed by atoms with E-state index in [1.54, 1.807) is 25.4 Å². The average Bonchev–Trinajstić information content (AvgIpc) is 3.17. The van der Waals surface area contributed by atoms with Crippen molar-refractivity contribution in [1.29, 1.82) is 0 Å². The molecule has 1 aromatic heterocycles. The first-order valence-electron chi connectivity index (χ1n) is 6.24. The van der Waals surface area contributed by atoms with Crippen molar-refractivity contribution in [1.82, 2.24) is 4.98 Å². The SMILES string of the molecule is COc1ccc(F)c(-c2ccc(C3CC3N)cn2)c1. The second-order valence-corrected chi connectivity index (χ2v) is 4.83. The first-order chi connectivity index (χ1) is 9.19. The molecule has 1 saturated carbocycles. The van der Waals surface area contributed by atoms with E-state index in [0.717, 1.165) is 12.0 Å². The summed E-state index contributed by atoms with van der Waals surface area (Å²) in [5.41, 5.74) is 7.99. The Morgan fingerprint density at radius 2 is 2.11 bits per heavy atom. The maximum Gasteiger partial charge on any atom is 0.132 e. The number of rotatable bonds is 3. The van der Waals surface area contributed by atoms with Crippen molar-refractivity contribution in [3.05, 3.63) is 47.9 Å². The molecule has 0 spiro atoms. The van der Waals surface area contributed by atoms with Gasteiger partial charge in [-0.15, -0.1) is 0 Å². The summed E-state index contributed by atoms with van der Waals surface area (Å²) >= 11 is 0. The molecule has 3 nitrogen and oxygen atoms in total. The van der Waals surface area contributed by atoms with Crippen molar-refractivity contribution in [2.75, 3.05) is 7.11 Å². The van der Waals surface area contributed by atoms with Gasteiger partial charge in [-0.25, -0.2) is 4.39 Å². The Balaban J connectivity index is 1.93. The van der Waals surface area contributed by atoms with Gasteiger partial charge in [-0.05, 0) is 36.2 Å². The van der Waals surface area contributed by atoms with Crippen LogP contribution in [-0.2, 0) is 0 Å². The number of nitrogens with two attached hydrogens (primary N) is 1. The fraction of sp³-hybridized carbons (Fsp3) is 0.267. The number of aromatic nitrogens is 1. The molecule has 1 aromatic carbocycles. The van der Waals surface area contributed by atoms with Crippen LogP contribution in [0.5, 0.6) is 5.75 Å². The van der Waals surface area contributed by atoms with E-state index < -0.39 is 0 Å². The van der Waals surface area contributed by atoms with Gasteiger partial charge in [-0.1, -0.05) is 6.07 Å². The van der Waals surface area contributed by atoms with Crippen molar-refractivity contribution in [3.63, 3.8) is 0 Å². The third kappa shape index (κ3) is 2.31. The van der Waals surface area contributed by atoms with E-state index in [-0.39, 0.29) is 11.9 Å². The van der Waals surface area contributed by atoms with Crippen molar-refractivity contribution in [3.8, 4) is 17.0 Å². The second kappa shape index (κ2) is 4.63. The summed E-state index contributed by atoms with van der Waals surface area (Å²) in [6.45, 7) is 0. The molecule has 0 bridgehead atoms. The van der Waals surface area contributed by atoms with Crippen LogP contribution < -0.4 is 10.5 Å². The lowest BCUT2D eigenvalue weighted by Gasteiger charge is -2.06. The number of methoxy groups -OCH3 is 1. The Morgan fingerprint density at radius 1 is 1.32 bits per heavy atom. The molecule has 4 heteroatoms. The molecule has 0 radical (unpaired) electrons. The van der Waals surface area contributed by atoms with Gasteiger partial charge in [0.25, 0.3) is 0 Å². The number of hydrogen-bond donors (Lipinski definition) is 1. The van der Waals surface area contributed by atoms with Crippen molar-refractivity contribution < 1.29 is 9.13 Å². The lowest BCUT2D eigenvalue weighted by Crippen LogP contribution is -2.01. The van der Waals surface area contributed by atoms with Gasteiger partial charge in [0.15, 0.2) is 0 Å². The summed E-state index contributed by atoms with van der Waals surface area (Å²) < 4.78 is 18.9. The fourth-order valence-electron chi connectivity index (χ4n) is 2.21. The van der Waals surface area contributed by atoms with Crippen molar-refractivity contribution in [2.24, 2.45) is 5.73 Å². The first-order valence-corrected chi connectivity index (χ1v) is 6.24. The number of pyridine rings is 1. The Hall–Kier alpha value is -1.94. The molecule has 2 atom stereocenters. The Kier molecular flexibility index (Phi) is 2.95. The fourth-order valence-corrected chi connectivity index (χ4v) is 2.21. The molecule has 2 unspecified atom stereocenters. The minimum atomic E-state index is -0.302. The molecule has 19 heavy (non-hydrogen) atoms. The first kappa shape index (κ1) is 12.1. The molecule has 0 aliphatic heterocycles. The van der Waals surface area contributed by atoms with Crippen LogP contribution >= 0.6 is 0 Å². The smallest absolute Gasteiger partial charge is 0.132 e. The van der Waals surface area contributed by atoms with Gasteiger partial charge in [0, 0.05) is 23.7 Å². The highest BCUT2D eigenvalue weighted by Crippen LogP contribution is 2.39. The molecule has 0 amide bonds. The van der Waals surface area contributed by atoms with Crippen LogP contribution in [0, 0.1) is 5.82 Å². The van der Waals surface area contributed by atoms with Gasteiger partial charge >= 0.3 is 0 Å². The lowest BCUT2D eigenvalue weighted by atomic mass is 10.1. The average molecular weight is 258 g/mol. The molecular formula is C15H15FN2O. The quantitative estimate of drug-likeness (QED) is 0.920. The monoisotopic (exact) mass is 258 g/mol. The van der Waals surface area contributed by atoms with Crippen LogP contribution in [0.3, 0.4) is 0 Å². The van der Waals surface area contributed by atoms with Crippen LogP contribution in [0.1, 0.15) is 17.9 Å². The maximum absolute atomic E-state index is 13.8. The maximum atomic E-state index is 13.8. The van der Waals surface area contributed by atoms with Crippen LogP contribution in [0.15, 0.2) is 36.5 Å². The standard InChI is InChI=1S/C15H15FN2O/c1-19-10-3-4-13(16)12(6-10)15-5-2-9(8-18-15)11-7-14(11)17/h2-6,8,11,14H,7,17H2,1H3. The number of nitrogens with zero attached hydrogens (tertiary/aromatic N) is 1. The number of hydrogen-bond acceptors (Lipinski definition) is 3. The normalized spacial score (nSPS) is 21.2. The summed E-state index contributed by atoms with van der Waals surface area (Å²) in [5.74, 6) is 0.729. The largest absolute Gasteiger partial charge is 0.497 e. The molecule has 2 aromatic rings. The zero-order valence-corrected chi connectivity index (χ0v) is 10.6. The van der Waals surface area contributed by atoms with Crippen molar-refractivity contribution in [2.45, 2.75) is 18.4 Å². The van der Waals surface area contributed by atoms with Crippen LogP contribution in [-0.4, -0.2) is 18.1 Å². The Labute approximate surface area is 111 Å². The van der Waals surface area contributed by atoms with E-state index in [9.17, 15) is 4.39 Å². The number of benzene rings is 1. The van der Waals surface area contributed by atoms with Gasteiger partial charge < -0.3 is 10.5 Å². The molecule has 0 saturated heterocycles. The topological polar surface area (TPSA) is 48.1 Å². The Bertz CT molecular complexity index is 598. The molecule has 1 aliphatic rings. The molecule has 1 heterocycles. The summed E-state index contributed by atoms with van der Waals surface area (Å²) in [6, 6.07) is 8.69. The van der Waals surface area contributed by atoms with E-state index in [4.69, 9.17) is 10.5 Å². The zero-order chi connectivity index (χ0) is 13.4. The third-order valence-electron chi connectivity index (χ3n) is 3.50. The molecule has 3 rings (SSSR count). The van der Waals surface area contributed by atoms with Gasteiger partial charge in [0.1, 0.15) is 11.6 Å². The van der Waals surface area contributed by atoms with E-state index in [0.29, 0.717) is 22.9 Å². The number of halogens is 1. The third-order valence-corrected chi connectivity index (χ3v) is 3.50. The summed E-state index contributed by atoms with van der Waals surface area (Å²) in [5, 5.41) is 0. The highest BCUT2D eigenvalue weighted by Gasteiger charge is 2.34. The Morgan fingerprint density at radius 3 is 2.68 bits per heavy atom. The number of ether oxygens (including phenoxy) is 1. The van der Waals surface area contributed by atoms with Crippen molar-refractivity contribution >= 4 is 0 Å². The van der Waals surface area contributed by atoms with Gasteiger partial charge in [0.2, 0.25) is 0 Å². The predicted molar refractivity (Wildman–Crippen MR) is 71.5 cm³/mol. The highest BCUT2D eigenvalue weighted by atomic mass is 19.1. The van der Waals surface area contributed by atoms with E-state index in [1.807, 2.05) is 12.1 Å². The molecule has 2 N–H and O–H groups in total. The zero-order valence-electron chi connectivity index (χ0n) is 10.6. The molecule has 1 aliphatic carbocycles. The highest BCUT2D eigenvalue weighted by molar-refractivity contribution is 5.62.